The van der Waals surface area contributed by atoms with Crippen molar-refractivity contribution in [1.29, 1.82) is 0 Å². The Labute approximate surface area is 112 Å². The van der Waals surface area contributed by atoms with Gasteiger partial charge in [0.25, 0.3) is 0 Å². The lowest BCUT2D eigenvalue weighted by molar-refractivity contribution is 0.0696. The Morgan fingerprint density at radius 1 is 1.44 bits per heavy atom. The van der Waals surface area contributed by atoms with Gasteiger partial charge in [-0.3, -0.25) is 0 Å². The van der Waals surface area contributed by atoms with Crippen molar-refractivity contribution in [3.05, 3.63) is 29.2 Å². The van der Waals surface area contributed by atoms with E-state index in [1.54, 1.807) is 19.1 Å². The van der Waals surface area contributed by atoms with E-state index in [0.29, 0.717) is 10.7 Å². The molecule has 0 amide bonds. The zero-order chi connectivity index (χ0) is 13.1. The molecule has 0 saturated carbocycles. The Morgan fingerprint density at radius 2 is 2.22 bits per heavy atom. The molecule has 0 spiro atoms. The lowest BCUT2D eigenvalue weighted by Crippen LogP contribution is -1.98. The average molecular weight is 281 g/mol. The first-order valence-electron chi connectivity index (χ1n) is 5.31. The number of aromatic carboxylic acids is 1. The average Bonchev–Trinajstić information content (AvgIpc) is 2.76. The standard InChI is InChI=1S/C11H11N3O2S2/c1-3-8-13-11(18-14-8)17-9-5-7(10(15)16)4-6(2)12-9/h4-5H,3H2,1-2H3,(H,15,16). The second-order valence-electron chi connectivity index (χ2n) is 3.57. The number of carboxylic acids is 1. The second-order valence-corrected chi connectivity index (χ2v) is 5.59. The van der Waals surface area contributed by atoms with Gasteiger partial charge in [0.2, 0.25) is 0 Å². The molecule has 0 aromatic carbocycles. The number of nitrogens with zero attached hydrogens (tertiary/aromatic N) is 3. The third kappa shape index (κ3) is 3.05. The molecular formula is C11H11N3O2S2. The number of aryl methyl sites for hydroxylation is 2. The van der Waals surface area contributed by atoms with Gasteiger partial charge in [-0.15, -0.1) is 0 Å². The molecule has 0 bridgehead atoms. The van der Waals surface area contributed by atoms with E-state index in [9.17, 15) is 4.79 Å². The molecule has 0 atom stereocenters. The highest BCUT2D eigenvalue weighted by Crippen LogP contribution is 2.28. The van der Waals surface area contributed by atoms with Crippen molar-refractivity contribution in [2.45, 2.75) is 29.6 Å². The van der Waals surface area contributed by atoms with Crippen LogP contribution in [0.15, 0.2) is 21.5 Å². The zero-order valence-corrected chi connectivity index (χ0v) is 11.5. The van der Waals surface area contributed by atoms with Crippen molar-refractivity contribution in [3.63, 3.8) is 0 Å². The molecular weight excluding hydrogens is 270 g/mol. The summed E-state index contributed by atoms with van der Waals surface area (Å²) in [4.78, 5) is 19.5. The van der Waals surface area contributed by atoms with E-state index in [1.807, 2.05) is 6.92 Å². The third-order valence-corrected chi connectivity index (χ3v) is 3.84. The van der Waals surface area contributed by atoms with Gasteiger partial charge in [-0.05, 0) is 42.4 Å². The van der Waals surface area contributed by atoms with Crippen LogP contribution in [-0.4, -0.2) is 25.4 Å². The fourth-order valence-electron chi connectivity index (χ4n) is 1.33. The molecule has 2 aromatic heterocycles. The largest absolute Gasteiger partial charge is 0.478 e. The minimum absolute atomic E-state index is 0.241. The summed E-state index contributed by atoms with van der Waals surface area (Å²) in [5.74, 6) is -0.150. The highest BCUT2D eigenvalue weighted by atomic mass is 32.2. The van der Waals surface area contributed by atoms with Crippen molar-refractivity contribution >= 4 is 29.3 Å². The predicted octanol–water partition coefficient (Wildman–Crippen LogP) is 2.65. The highest BCUT2D eigenvalue weighted by molar-refractivity contribution is 8.00. The van der Waals surface area contributed by atoms with Gasteiger partial charge in [-0.2, -0.15) is 4.37 Å². The van der Waals surface area contributed by atoms with Gasteiger partial charge < -0.3 is 5.11 Å². The van der Waals surface area contributed by atoms with E-state index in [4.69, 9.17) is 5.11 Å². The molecule has 0 radical (unpaired) electrons. The summed E-state index contributed by atoms with van der Waals surface area (Å²) < 4.78 is 4.96. The number of rotatable bonds is 4. The molecule has 0 aliphatic rings. The molecule has 7 heteroatoms. The molecule has 2 heterocycles. The summed E-state index contributed by atoms with van der Waals surface area (Å²) in [5, 5.41) is 9.61. The molecule has 0 aliphatic heterocycles. The van der Waals surface area contributed by atoms with Crippen LogP contribution in [0, 0.1) is 6.92 Å². The Hall–Kier alpha value is -1.47. The van der Waals surface area contributed by atoms with Crippen LogP contribution in [0.3, 0.4) is 0 Å². The summed E-state index contributed by atoms with van der Waals surface area (Å²) >= 11 is 2.64. The van der Waals surface area contributed by atoms with E-state index in [1.165, 1.54) is 23.3 Å². The fraction of sp³-hybridized carbons (Fsp3) is 0.273. The van der Waals surface area contributed by atoms with Crippen LogP contribution in [0.1, 0.15) is 28.8 Å². The summed E-state index contributed by atoms with van der Waals surface area (Å²) in [6.07, 6.45) is 0.790. The number of pyridine rings is 1. The molecule has 18 heavy (non-hydrogen) atoms. The van der Waals surface area contributed by atoms with Crippen LogP contribution in [0.5, 0.6) is 0 Å². The minimum Gasteiger partial charge on any atom is -0.478 e. The molecule has 5 nitrogen and oxygen atoms in total. The van der Waals surface area contributed by atoms with Gasteiger partial charge in [0.15, 0.2) is 4.34 Å². The number of carboxylic acid groups (broad SMARTS) is 1. The monoisotopic (exact) mass is 281 g/mol. The molecule has 2 rings (SSSR count). The minimum atomic E-state index is -0.950. The van der Waals surface area contributed by atoms with Gasteiger partial charge in [0.1, 0.15) is 10.9 Å². The van der Waals surface area contributed by atoms with Gasteiger partial charge >= 0.3 is 5.97 Å². The maximum absolute atomic E-state index is 10.9. The molecule has 0 aliphatic carbocycles. The lowest BCUT2D eigenvalue weighted by atomic mass is 10.2. The second kappa shape index (κ2) is 5.45. The van der Waals surface area contributed by atoms with Crippen molar-refractivity contribution < 1.29 is 9.90 Å². The summed E-state index contributed by atoms with van der Waals surface area (Å²) in [6, 6.07) is 3.09. The van der Waals surface area contributed by atoms with Crippen molar-refractivity contribution in [2.24, 2.45) is 0 Å². The Morgan fingerprint density at radius 3 is 2.83 bits per heavy atom. The lowest BCUT2D eigenvalue weighted by Gasteiger charge is -2.01. The topological polar surface area (TPSA) is 76.0 Å². The normalized spacial score (nSPS) is 10.6. The van der Waals surface area contributed by atoms with Gasteiger partial charge in [0.05, 0.1) is 5.56 Å². The maximum Gasteiger partial charge on any atom is 0.335 e. The first-order chi connectivity index (χ1) is 8.58. The molecule has 2 aromatic rings. The van der Waals surface area contributed by atoms with E-state index in [-0.39, 0.29) is 5.56 Å². The van der Waals surface area contributed by atoms with Gasteiger partial charge in [-0.25, -0.2) is 14.8 Å². The highest BCUT2D eigenvalue weighted by Gasteiger charge is 2.10. The molecule has 1 N–H and O–H groups in total. The Balaban J connectivity index is 2.25. The summed E-state index contributed by atoms with van der Waals surface area (Å²) in [5.41, 5.74) is 0.919. The van der Waals surface area contributed by atoms with Crippen LogP contribution < -0.4 is 0 Å². The summed E-state index contributed by atoms with van der Waals surface area (Å²) in [7, 11) is 0. The van der Waals surface area contributed by atoms with E-state index in [2.05, 4.69) is 14.3 Å². The summed E-state index contributed by atoms with van der Waals surface area (Å²) in [6.45, 7) is 3.76. The fourth-order valence-corrected chi connectivity index (χ4v) is 3.05. The van der Waals surface area contributed by atoms with Gasteiger partial charge in [0, 0.05) is 12.1 Å². The smallest absolute Gasteiger partial charge is 0.335 e. The van der Waals surface area contributed by atoms with Crippen molar-refractivity contribution in [2.75, 3.05) is 0 Å². The maximum atomic E-state index is 10.9. The number of hydrogen-bond acceptors (Lipinski definition) is 6. The molecule has 0 unspecified atom stereocenters. The zero-order valence-electron chi connectivity index (χ0n) is 9.88. The number of hydrogen-bond donors (Lipinski definition) is 1. The predicted molar refractivity (Wildman–Crippen MR) is 69.3 cm³/mol. The quantitative estimate of drug-likeness (QED) is 0.928. The van der Waals surface area contributed by atoms with E-state index < -0.39 is 5.97 Å². The van der Waals surface area contributed by atoms with Gasteiger partial charge in [-0.1, -0.05) is 6.92 Å². The molecule has 0 fully saturated rings. The number of carbonyl (C=O) groups is 1. The Kier molecular flexibility index (Phi) is 3.93. The Bertz CT molecular complexity index is 583. The molecule has 0 saturated heterocycles. The molecule has 94 valence electrons. The van der Waals surface area contributed by atoms with Crippen LogP contribution in [-0.2, 0) is 6.42 Å². The van der Waals surface area contributed by atoms with Crippen molar-refractivity contribution in [3.8, 4) is 0 Å². The van der Waals surface area contributed by atoms with E-state index >= 15 is 0 Å². The third-order valence-electron chi connectivity index (χ3n) is 2.13. The number of aromatic nitrogens is 3. The van der Waals surface area contributed by atoms with Crippen molar-refractivity contribution in [1.82, 2.24) is 14.3 Å². The first-order valence-corrected chi connectivity index (χ1v) is 6.90. The van der Waals surface area contributed by atoms with Crippen LogP contribution >= 0.6 is 23.3 Å². The first kappa shape index (κ1) is 13.0. The SMILES string of the molecule is CCc1nsc(Sc2cc(C(=O)O)cc(C)n2)n1. The van der Waals surface area contributed by atoms with Crippen LogP contribution in [0.2, 0.25) is 0 Å². The van der Waals surface area contributed by atoms with Crippen LogP contribution in [0.25, 0.3) is 0 Å². The van der Waals surface area contributed by atoms with Crippen LogP contribution in [0.4, 0.5) is 0 Å². The van der Waals surface area contributed by atoms with E-state index in [0.717, 1.165) is 16.6 Å².